The van der Waals surface area contributed by atoms with E-state index in [4.69, 9.17) is 10.1 Å². The molecule has 0 saturated carbocycles. The molecule has 2 heterocycles. The summed E-state index contributed by atoms with van der Waals surface area (Å²) >= 11 is 4.70. The summed E-state index contributed by atoms with van der Waals surface area (Å²) < 4.78 is 20.1. The molecule has 0 aliphatic carbocycles. The minimum Gasteiger partial charge on any atom is -0.488 e. The molecular weight excluding hydrogens is 459 g/mol. The lowest BCUT2D eigenvalue weighted by Crippen LogP contribution is -2.35. The van der Waals surface area contributed by atoms with Crippen molar-refractivity contribution >= 4 is 55.7 Å². The Hall–Kier alpha value is -2.78. The quantitative estimate of drug-likeness (QED) is 0.647. The lowest BCUT2D eigenvalue weighted by Gasteiger charge is -2.20. The smallest absolute Gasteiger partial charge is 0.283 e. The molecule has 1 N–H and O–H groups in total. The maximum atomic E-state index is 13.7. The number of thioether (sulfide) groups is 1. The van der Waals surface area contributed by atoms with Gasteiger partial charge in [-0.05, 0) is 64.5 Å². The number of fused-ring (bicyclic) bond motifs is 1. The molecule has 2 aliphatic rings. The summed E-state index contributed by atoms with van der Waals surface area (Å²) in [6.45, 7) is 1.89. The van der Waals surface area contributed by atoms with Crippen LogP contribution < -0.4 is 4.74 Å². The minimum absolute atomic E-state index is 0.0136. The first-order valence-electron chi connectivity index (χ1n) is 8.55. The number of halogens is 2. The Morgan fingerprint density at radius 2 is 2.10 bits per heavy atom. The monoisotopic (exact) mass is 472 g/mol. The number of carbonyl (C=O) groups is 1. The van der Waals surface area contributed by atoms with Crippen molar-refractivity contribution in [3.63, 3.8) is 0 Å². The van der Waals surface area contributed by atoms with Gasteiger partial charge in [0.15, 0.2) is 5.84 Å². The maximum Gasteiger partial charge on any atom is 0.283 e. The normalized spacial score (nSPS) is 17.3. The van der Waals surface area contributed by atoms with Crippen molar-refractivity contribution in [1.82, 2.24) is 5.01 Å². The third-order valence-corrected chi connectivity index (χ3v) is 5.61. The van der Waals surface area contributed by atoms with E-state index in [9.17, 15) is 9.18 Å². The van der Waals surface area contributed by atoms with Crippen molar-refractivity contribution in [2.45, 2.75) is 13.5 Å². The van der Waals surface area contributed by atoms with Gasteiger partial charge in [0.1, 0.15) is 18.2 Å². The van der Waals surface area contributed by atoms with Crippen LogP contribution in [-0.4, -0.2) is 27.0 Å². The van der Waals surface area contributed by atoms with Crippen molar-refractivity contribution in [2.75, 3.05) is 0 Å². The topological polar surface area (TPSA) is 78.1 Å². The number of nitrogens with zero attached hydrogens (tertiary/aromatic N) is 3. The number of aliphatic imine (C=N–C) groups is 1. The molecule has 4 rings (SSSR count). The summed E-state index contributed by atoms with van der Waals surface area (Å²) in [5, 5.41) is 15.0. The molecule has 0 unspecified atom stereocenters. The predicted molar refractivity (Wildman–Crippen MR) is 116 cm³/mol. The van der Waals surface area contributed by atoms with Crippen molar-refractivity contribution < 1.29 is 13.9 Å². The van der Waals surface area contributed by atoms with Crippen molar-refractivity contribution in [3.8, 4) is 5.75 Å². The van der Waals surface area contributed by atoms with Gasteiger partial charge in [-0.1, -0.05) is 24.3 Å². The Kier molecular flexibility index (Phi) is 5.33. The molecule has 0 spiro atoms. The molecule has 1 amide bonds. The molecule has 6 nitrogen and oxygen atoms in total. The van der Waals surface area contributed by atoms with E-state index >= 15 is 0 Å². The van der Waals surface area contributed by atoms with Gasteiger partial charge in [0.25, 0.3) is 5.91 Å². The van der Waals surface area contributed by atoms with Crippen LogP contribution in [0.1, 0.15) is 18.1 Å². The average molecular weight is 473 g/mol. The SMILES string of the molecule is CC1=NN2C(=N)/C(=C/c3ccc(OCc4ccccc4F)c(Br)c3)C(=O)N=C2S1. The van der Waals surface area contributed by atoms with E-state index in [1.807, 2.05) is 0 Å². The van der Waals surface area contributed by atoms with Crippen LogP contribution in [0.2, 0.25) is 0 Å². The molecule has 146 valence electrons. The lowest BCUT2D eigenvalue weighted by atomic mass is 10.1. The van der Waals surface area contributed by atoms with Gasteiger partial charge >= 0.3 is 0 Å². The summed E-state index contributed by atoms with van der Waals surface area (Å²) in [5.41, 5.74) is 1.30. The summed E-state index contributed by atoms with van der Waals surface area (Å²) in [6.07, 6.45) is 1.59. The summed E-state index contributed by atoms with van der Waals surface area (Å²) in [5.74, 6) is -0.274. The zero-order valence-corrected chi connectivity index (χ0v) is 17.6. The molecular formula is C20H14BrFN4O2S. The molecule has 0 bridgehead atoms. The van der Waals surface area contributed by atoms with E-state index in [-0.39, 0.29) is 23.8 Å². The van der Waals surface area contributed by atoms with Gasteiger partial charge in [0.2, 0.25) is 5.17 Å². The van der Waals surface area contributed by atoms with Crippen LogP contribution in [0.25, 0.3) is 6.08 Å². The molecule has 9 heteroatoms. The van der Waals surface area contributed by atoms with Crippen LogP contribution >= 0.6 is 27.7 Å². The maximum absolute atomic E-state index is 13.7. The highest BCUT2D eigenvalue weighted by Crippen LogP contribution is 2.30. The first-order chi connectivity index (χ1) is 13.9. The van der Waals surface area contributed by atoms with Crippen LogP contribution in [0, 0.1) is 11.2 Å². The molecule has 29 heavy (non-hydrogen) atoms. The van der Waals surface area contributed by atoms with Crippen molar-refractivity contribution in [2.24, 2.45) is 10.1 Å². The Balaban J connectivity index is 1.54. The van der Waals surface area contributed by atoms with E-state index in [2.05, 4.69) is 26.0 Å². The van der Waals surface area contributed by atoms with E-state index < -0.39 is 5.91 Å². The van der Waals surface area contributed by atoms with Crippen LogP contribution in [0.15, 0.2) is 62.6 Å². The van der Waals surface area contributed by atoms with Gasteiger partial charge in [-0.25, -0.2) is 4.39 Å². The highest BCUT2D eigenvalue weighted by atomic mass is 79.9. The van der Waals surface area contributed by atoms with Gasteiger partial charge < -0.3 is 4.74 Å². The van der Waals surface area contributed by atoms with E-state index in [0.29, 0.717) is 26.5 Å². The molecule has 0 aromatic heterocycles. The van der Waals surface area contributed by atoms with Crippen LogP contribution in [0.4, 0.5) is 4.39 Å². The Bertz CT molecular complexity index is 1130. The second kappa shape index (κ2) is 7.92. The molecule has 0 radical (unpaired) electrons. The molecule has 0 atom stereocenters. The fourth-order valence-electron chi connectivity index (χ4n) is 2.75. The molecule has 2 aromatic carbocycles. The van der Waals surface area contributed by atoms with E-state index in [1.165, 1.54) is 22.8 Å². The third kappa shape index (κ3) is 4.01. The largest absolute Gasteiger partial charge is 0.488 e. The van der Waals surface area contributed by atoms with E-state index in [0.717, 1.165) is 5.04 Å². The first-order valence-corrected chi connectivity index (χ1v) is 10.2. The number of benzene rings is 2. The van der Waals surface area contributed by atoms with Gasteiger partial charge in [0, 0.05) is 5.56 Å². The number of ether oxygens (including phenoxy) is 1. The fourth-order valence-corrected chi connectivity index (χ4v) is 3.99. The number of carbonyl (C=O) groups excluding carboxylic acids is 1. The predicted octanol–water partition coefficient (Wildman–Crippen LogP) is 4.81. The Morgan fingerprint density at radius 3 is 2.86 bits per heavy atom. The van der Waals surface area contributed by atoms with Crippen LogP contribution in [-0.2, 0) is 11.4 Å². The zero-order chi connectivity index (χ0) is 20.5. The second-order valence-corrected chi connectivity index (χ2v) is 8.22. The average Bonchev–Trinajstić information content (AvgIpc) is 3.06. The number of hydrogen-bond donors (Lipinski definition) is 1. The summed E-state index contributed by atoms with van der Waals surface area (Å²) in [7, 11) is 0. The van der Waals surface area contributed by atoms with Crippen molar-refractivity contribution in [3.05, 3.63) is 69.5 Å². The molecule has 0 fully saturated rings. The Morgan fingerprint density at radius 1 is 1.31 bits per heavy atom. The molecule has 2 aliphatic heterocycles. The zero-order valence-electron chi connectivity index (χ0n) is 15.1. The highest BCUT2D eigenvalue weighted by Gasteiger charge is 2.34. The van der Waals surface area contributed by atoms with Gasteiger partial charge in [-0.2, -0.15) is 15.1 Å². The lowest BCUT2D eigenvalue weighted by molar-refractivity contribution is -0.114. The number of amidine groups is 2. The van der Waals surface area contributed by atoms with Crippen LogP contribution in [0.5, 0.6) is 5.75 Å². The minimum atomic E-state index is -0.477. The third-order valence-electron chi connectivity index (χ3n) is 4.16. The summed E-state index contributed by atoms with van der Waals surface area (Å²) in [6, 6.07) is 11.7. The number of hydrazone groups is 1. The van der Waals surface area contributed by atoms with E-state index in [1.54, 1.807) is 49.4 Å². The van der Waals surface area contributed by atoms with Crippen LogP contribution in [0.3, 0.4) is 0 Å². The van der Waals surface area contributed by atoms with Gasteiger partial charge in [0.05, 0.1) is 15.1 Å². The highest BCUT2D eigenvalue weighted by molar-refractivity contribution is 9.10. The first kappa shape index (κ1) is 19.5. The van der Waals surface area contributed by atoms with Gasteiger partial charge in [-0.3, -0.25) is 10.2 Å². The standard InChI is InChI=1S/C20H14BrFN4O2S/c1-11-25-26-18(23)14(19(27)24-20(26)29-11)8-12-6-7-17(15(21)9-12)28-10-13-4-2-3-5-16(13)22/h2-9,23H,10H2,1H3/b14-8-,23-18?. The molecule has 2 aromatic rings. The second-order valence-electron chi connectivity index (χ2n) is 6.21. The number of hydrogen-bond acceptors (Lipinski definition) is 5. The molecule has 0 saturated heterocycles. The summed E-state index contributed by atoms with van der Waals surface area (Å²) in [4.78, 5) is 16.3. The number of amides is 1. The Labute approximate surface area is 178 Å². The van der Waals surface area contributed by atoms with Crippen molar-refractivity contribution in [1.29, 1.82) is 5.41 Å². The van der Waals surface area contributed by atoms with Gasteiger partial charge in [-0.15, -0.1) is 0 Å². The fraction of sp³-hybridized carbons (Fsp3) is 0.100. The number of nitrogens with one attached hydrogen (secondary N) is 1. The number of rotatable bonds is 4.